The van der Waals surface area contributed by atoms with Gasteiger partial charge in [0.2, 0.25) is 0 Å². The van der Waals surface area contributed by atoms with E-state index in [2.05, 4.69) is 0 Å². The third-order valence-corrected chi connectivity index (χ3v) is 14.7. The van der Waals surface area contributed by atoms with Gasteiger partial charge < -0.3 is 0 Å². The maximum atomic E-state index is 11.5. The van der Waals surface area contributed by atoms with Crippen molar-refractivity contribution in [2.75, 3.05) is 7.11 Å². The van der Waals surface area contributed by atoms with E-state index in [-0.39, 0.29) is 20.8 Å². The number of halogens is 1. The van der Waals surface area contributed by atoms with Crippen molar-refractivity contribution in [1.82, 2.24) is 0 Å². The molecule has 4 nitrogen and oxygen atoms in total. The van der Waals surface area contributed by atoms with E-state index < -0.39 is 28.9 Å². The molecule has 3 atom stereocenters. The standard InChI is InChI=1S/C9H13O4.ClH.Hg/c1-5-7(8(11)12-4)9(5,3)13-6(2)10;;/h7H,1-4H3;1H;/q;;+1/p-1/t7-,9+;;/m1../s1. The van der Waals surface area contributed by atoms with Crippen molar-refractivity contribution in [1.29, 1.82) is 0 Å². The third kappa shape index (κ3) is 1.91. The molecule has 6 heteroatoms. The van der Waals surface area contributed by atoms with Crippen LogP contribution in [-0.2, 0) is 42.4 Å². The summed E-state index contributed by atoms with van der Waals surface area (Å²) in [6.07, 6.45) is 0. The quantitative estimate of drug-likeness (QED) is 0.513. The summed E-state index contributed by atoms with van der Waals surface area (Å²) in [7, 11) is 7.36. The third-order valence-electron chi connectivity index (χ3n) is 3.31. The zero-order chi connectivity index (χ0) is 11.9. The molecule has 15 heavy (non-hydrogen) atoms. The summed E-state index contributed by atoms with van der Waals surface area (Å²) < 4.78 is 9.61. The van der Waals surface area contributed by atoms with Crippen molar-refractivity contribution in [2.24, 2.45) is 5.92 Å². The Kier molecular flexibility index (Phi) is 3.71. The monoisotopic (exact) mass is 422 g/mol. The summed E-state index contributed by atoms with van der Waals surface area (Å²) in [5.41, 5.74) is -0.741. The molecule has 0 aromatic carbocycles. The number of hydrogen-bond acceptors (Lipinski definition) is 4. The molecule has 1 aliphatic rings. The Bertz CT molecular complexity index is 308. The van der Waals surface area contributed by atoms with E-state index in [0.717, 1.165) is 0 Å². The number of carbonyl (C=O) groups is 2. The van der Waals surface area contributed by atoms with Gasteiger partial charge in [-0.15, -0.1) is 0 Å². The molecule has 0 unspecified atom stereocenters. The molecule has 1 aliphatic carbocycles. The Balaban J connectivity index is 2.90. The van der Waals surface area contributed by atoms with E-state index in [0.29, 0.717) is 0 Å². The van der Waals surface area contributed by atoms with E-state index >= 15 is 0 Å². The zero-order valence-electron chi connectivity index (χ0n) is 9.30. The molecule has 0 spiro atoms. The summed E-state index contributed by atoms with van der Waals surface area (Å²) in [4.78, 5) is 22.5. The van der Waals surface area contributed by atoms with Crippen LogP contribution in [0.3, 0.4) is 0 Å². The number of methoxy groups -OCH3 is 1. The predicted octanol–water partition coefficient (Wildman–Crippen LogP) is 1.53. The summed E-state index contributed by atoms with van der Waals surface area (Å²) in [5, 5.41) is 0. The second-order valence-electron chi connectivity index (χ2n) is 4.21. The Hall–Kier alpha value is 0.165. The van der Waals surface area contributed by atoms with Gasteiger partial charge in [0.1, 0.15) is 0 Å². The van der Waals surface area contributed by atoms with Gasteiger partial charge >= 0.3 is 105 Å². The topological polar surface area (TPSA) is 52.6 Å². The second-order valence-corrected chi connectivity index (χ2v) is 13.3. The van der Waals surface area contributed by atoms with E-state index in [1.54, 1.807) is 6.92 Å². The van der Waals surface area contributed by atoms with Gasteiger partial charge in [-0.25, -0.2) is 0 Å². The molecule has 0 radical (unpaired) electrons. The van der Waals surface area contributed by atoms with Crippen LogP contribution in [0.25, 0.3) is 0 Å². The fraction of sp³-hybridized carbons (Fsp3) is 0.778. The summed E-state index contributed by atoms with van der Waals surface area (Å²) in [6, 6.07) is 0. The van der Waals surface area contributed by atoms with Crippen molar-refractivity contribution in [2.45, 2.75) is 29.3 Å². The minimum absolute atomic E-state index is 0.312. The van der Waals surface area contributed by atoms with Gasteiger partial charge in [-0.05, 0) is 0 Å². The number of esters is 2. The van der Waals surface area contributed by atoms with E-state index in [1.165, 1.54) is 14.0 Å². The van der Waals surface area contributed by atoms with Crippen LogP contribution >= 0.6 is 8.25 Å². The molecule has 0 bridgehead atoms. The molecule has 0 saturated heterocycles. The summed E-state index contributed by atoms with van der Waals surface area (Å²) in [5.74, 6) is -1.09. The second kappa shape index (κ2) is 4.20. The minimum atomic E-state index is -1.73. The molecule has 0 amide bonds. The van der Waals surface area contributed by atoms with Crippen LogP contribution in [0.1, 0.15) is 20.8 Å². The molecule has 0 heterocycles. The molecular formula is C9H13ClHgO4. The summed E-state index contributed by atoms with van der Waals surface area (Å²) in [6.45, 7) is 5.01. The number of ether oxygens (including phenoxy) is 2. The van der Waals surface area contributed by atoms with Crippen LogP contribution in [0, 0.1) is 5.92 Å². The average molecular weight is 421 g/mol. The Labute approximate surface area is 105 Å². The van der Waals surface area contributed by atoms with Crippen molar-refractivity contribution in [3.05, 3.63) is 0 Å². The Morgan fingerprint density at radius 3 is 2.27 bits per heavy atom. The molecule has 0 N–H and O–H groups in total. The Morgan fingerprint density at radius 2 is 1.93 bits per heavy atom. The van der Waals surface area contributed by atoms with Crippen LogP contribution in [0.5, 0.6) is 0 Å². The van der Waals surface area contributed by atoms with Gasteiger partial charge in [0.15, 0.2) is 0 Å². The van der Waals surface area contributed by atoms with Crippen molar-refractivity contribution < 1.29 is 42.4 Å². The molecule has 0 aromatic heterocycles. The van der Waals surface area contributed by atoms with Gasteiger partial charge in [0, 0.05) is 0 Å². The Morgan fingerprint density at radius 1 is 1.40 bits per heavy atom. The average Bonchev–Trinajstić information content (AvgIpc) is 2.62. The van der Waals surface area contributed by atoms with Crippen LogP contribution in [0.15, 0.2) is 0 Å². The van der Waals surface area contributed by atoms with Crippen LogP contribution in [0.2, 0.25) is 2.92 Å². The SMILES string of the molecule is COC(=O)[C@@H]1[C@@](C)(OC(C)=O)[C@]1(C)[Hg][Cl]. The molecular weight excluding hydrogens is 408 g/mol. The fourth-order valence-corrected chi connectivity index (χ4v) is 10.3. The van der Waals surface area contributed by atoms with Gasteiger partial charge in [-0.2, -0.15) is 0 Å². The maximum absolute atomic E-state index is 11.5. The van der Waals surface area contributed by atoms with E-state index in [1.807, 2.05) is 6.92 Å². The van der Waals surface area contributed by atoms with Gasteiger partial charge in [0.05, 0.1) is 0 Å². The normalized spacial score (nSPS) is 37.8. The number of rotatable bonds is 3. The first-order chi connectivity index (χ1) is 6.83. The molecule has 82 valence electrons. The number of carbonyl (C=O) groups excluding carboxylic acids is 2. The van der Waals surface area contributed by atoms with Crippen molar-refractivity contribution >= 4 is 20.2 Å². The molecule has 0 aromatic rings. The van der Waals surface area contributed by atoms with Crippen LogP contribution < -0.4 is 0 Å². The van der Waals surface area contributed by atoms with Crippen LogP contribution in [-0.4, -0.2) is 24.6 Å². The molecule has 1 rings (SSSR count). The van der Waals surface area contributed by atoms with Gasteiger partial charge in [-0.1, -0.05) is 0 Å². The predicted molar refractivity (Wildman–Crippen MR) is 49.9 cm³/mol. The zero-order valence-corrected chi connectivity index (χ0v) is 15.5. The molecule has 1 saturated carbocycles. The van der Waals surface area contributed by atoms with Gasteiger partial charge in [0.25, 0.3) is 0 Å². The fourth-order valence-electron chi connectivity index (χ4n) is 2.13. The summed E-state index contributed by atoms with van der Waals surface area (Å²) >= 11 is -1.73. The van der Waals surface area contributed by atoms with Crippen molar-refractivity contribution in [3.8, 4) is 0 Å². The first kappa shape index (κ1) is 13.2. The van der Waals surface area contributed by atoms with E-state index in [9.17, 15) is 9.59 Å². The van der Waals surface area contributed by atoms with Gasteiger partial charge in [-0.3, -0.25) is 0 Å². The van der Waals surface area contributed by atoms with Crippen molar-refractivity contribution in [3.63, 3.8) is 0 Å². The first-order valence-electron chi connectivity index (χ1n) is 4.67. The van der Waals surface area contributed by atoms with Crippen LogP contribution in [0.4, 0.5) is 0 Å². The molecule has 0 aliphatic heterocycles. The molecule has 1 fully saturated rings. The number of hydrogen-bond donors (Lipinski definition) is 0. The first-order valence-corrected chi connectivity index (χ1v) is 14.2. The van der Waals surface area contributed by atoms with E-state index in [4.69, 9.17) is 17.7 Å².